The zero-order chi connectivity index (χ0) is 19.6. The van der Waals surface area contributed by atoms with E-state index in [0.717, 1.165) is 25.9 Å². The van der Waals surface area contributed by atoms with Crippen molar-refractivity contribution in [1.82, 2.24) is 10.6 Å². The number of carbonyl (C=O) groups is 3. The molecule has 10 heteroatoms. The van der Waals surface area contributed by atoms with E-state index in [0.29, 0.717) is 30.2 Å². The minimum atomic E-state index is -1.43. The second-order valence-electron chi connectivity index (χ2n) is 7.56. The molecule has 3 heterocycles. The van der Waals surface area contributed by atoms with E-state index in [1.54, 1.807) is 6.07 Å². The Balaban J connectivity index is 1.64. The lowest BCUT2D eigenvalue weighted by atomic mass is 10.0. The fourth-order valence-electron chi connectivity index (χ4n) is 4.42. The predicted octanol–water partition coefficient (Wildman–Crippen LogP) is 0.301. The van der Waals surface area contributed by atoms with Gasteiger partial charge >= 0.3 is 12.0 Å². The summed E-state index contributed by atoms with van der Waals surface area (Å²) < 4.78 is 15.0. The number of aliphatic carboxylic acids is 1. The van der Waals surface area contributed by atoms with Crippen molar-refractivity contribution in [3.05, 3.63) is 17.9 Å². The van der Waals surface area contributed by atoms with E-state index < -0.39 is 35.8 Å². The van der Waals surface area contributed by atoms with Crippen LogP contribution in [0.15, 0.2) is 12.1 Å². The summed E-state index contributed by atoms with van der Waals surface area (Å²) in [6.07, 6.45) is 0.706. The van der Waals surface area contributed by atoms with Crippen molar-refractivity contribution in [2.75, 3.05) is 40.9 Å². The van der Waals surface area contributed by atoms with Gasteiger partial charge in [-0.3, -0.25) is 19.8 Å². The van der Waals surface area contributed by atoms with Gasteiger partial charge in [0.05, 0.1) is 17.1 Å². The van der Waals surface area contributed by atoms with E-state index in [2.05, 4.69) is 10.6 Å². The normalized spacial score (nSPS) is 26.8. The van der Waals surface area contributed by atoms with Crippen molar-refractivity contribution in [1.29, 1.82) is 0 Å². The Morgan fingerprint density at radius 2 is 1.82 bits per heavy atom. The van der Waals surface area contributed by atoms with Gasteiger partial charge in [-0.05, 0) is 18.9 Å². The number of piperazine rings is 1. The van der Waals surface area contributed by atoms with Crippen LogP contribution in [-0.4, -0.2) is 61.4 Å². The van der Waals surface area contributed by atoms with Crippen molar-refractivity contribution in [3.63, 3.8) is 0 Å². The van der Waals surface area contributed by atoms with Gasteiger partial charge in [0.2, 0.25) is 5.91 Å². The Morgan fingerprint density at radius 1 is 1.11 bits per heavy atom. The van der Waals surface area contributed by atoms with E-state index >= 15 is 0 Å². The molecule has 148 valence electrons. The van der Waals surface area contributed by atoms with Crippen LogP contribution >= 0.6 is 0 Å². The summed E-state index contributed by atoms with van der Waals surface area (Å²) in [4.78, 5) is 41.6. The third-order valence-electron chi connectivity index (χ3n) is 5.82. The van der Waals surface area contributed by atoms with E-state index in [-0.39, 0.29) is 6.04 Å². The molecule has 28 heavy (non-hydrogen) atoms. The Labute approximate surface area is 160 Å². The number of rotatable bonds is 3. The summed E-state index contributed by atoms with van der Waals surface area (Å²) in [6, 6.07) is 2.31. The maximum Gasteiger partial charge on any atom is 0.330 e. The summed E-state index contributed by atoms with van der Waals surface area (Å²) in [5.41, 5.74) is 1.35. The van der Waals surface area contributed by atoms with Crippen molar-refractivity contribution >= 4 is 35.0 Å². The van der Waals surface area contributed by atoms with Gasteiger partial charge in [-0.15, -0.1) is 0 Å². The van der Waals surface area contributed by atoms with Gasteiger partial charge in [0.15, 0.2) is 5.92 Å². The van der Waals surface area contributed by atoms with Crippen LogP contribution < -0.4 is 25.3 Å². The third-order valence-corrected chi connectivity index (χ3v) is 5.82. The van der Waals surface area contributed by atoms with Gasteiger partial charge in [-0.2, -0.15) is 0 Å². The summed E-state index contributed by atoms with van der Waals surface area (Å²) in [6.45, 7) is 2.80. The SMILES string of the molecule is O=C(O)C1C(=O)NC(=O)N2c3cc(F)c(N4CCNCC4)cc3N(C3CC3)C12. The number of nitrogens with one attached hydrogen (secondary N) is 2. The van der Waals surface area contributed by atoms with Crippen LogP contribution in [0.2, 0.25) is 0 Å². The number of nitrogens with zero attached hydrogens (tertiary/aromatic N) is 3. The molecule has 3 aliphatic heterocycles. The second kappa shape index (κ2) is 6.06. The highest BCUT2D eigenvalue weighted by molar-refractivity contribution is 6.16. The number of carboxylic acids is 1. The number of halogens is 1. The van der Waals surface area contributed by atoms with E-state index in [9.17, 15) is 23.9 Å². The molecule has 0 bridgehead atoms. The van der Waals surface area contributed by atoms with Crippen molar-refractivity contribution in [2.45, 2.75) is 25.0 Å². The topological polar surface area (TPSA) is 105 Å². The van der Waals surface area contributed by atoms with Crippen LogP contribution in [0.25, 0.3) is 0 Å². The molecule has 4 aliphatic rings. The molecule has 5 rings (SSSR count). The molecule has 1 aromatic rings. The fourth-order valence-corrected chi connectivity index (χ4v) is 4.42. The first-order valence-electron chi connectivity index (χ1n) is 9.42. The monoisotopic (exact) mass is 389 g/mol. The number of imide groups is 1. The first-order valence-corrected chi connectivity index (χ1v) is 9.42. The van der Waals surface area contributed by atoms with Crippen LogP contribution in [0.4, 0.5) is 26.2 Å². The molecule has 2 saturated heterocycles. The molecule has 2 unspecified atom stereocenters. The van der Waals surface area contributed by atoms with Gasteiger partial charge in [0.1, 0.15) is 12.0 Å². The van der Waals surface area contributed by atoms with Crippen molar-refractivity contribution in [3.8, 4) is 0 Å². The molecule has 9 nitrogen and oxygen atoms in total. The number of urea groups is 1. The molecule has 1 aliphatic carbocycles. The summed E-state index contributed by atoms with van der Waals surface area (Å²) in [7, 11) is 0. The van der Waals surface area contributed by atoms with Crippen LogP contribution in [0.1, 0.15) is 12.8 Å². The highest BCUT2D eigenvalue weighted by atomic mass is 19.1. The first-order chi connectivity index (χ1) is 13.5. The summed E-state index contributed by atoms with van der Waals surface area (Å²) >= 11 is 0. The minimum absolute atomic E-state index is 0.0376. The maximum absolute atomic E-state index is 15.0. The zero-order valence-corrected chi connectivity index (χ0v) is 15.0. The molecular weight excluding hydrogens is 369 g/mol. The van der Waals surface area contributed by atoms with Gasteiger partial charge < -0.3 is 20.2 Å². The predicted molar refractivity (Wildman–Crippen MR) is 97.9 cm³/mol. The molecule has 0 aromatic heterocycles. The summed E-state index contributed by atoms with van der Waals surface area (Å²) in [5, 5.41) is 15.0. The van der Waals surface area contributed by atoms with Crippen molar-refractivity contribution < 1.29 is 23.9 Å². The quantitative estimate of drug-likeness (QED) is 0.639. The largest absolute Gasteiger partial charge is 0.481 e. The van der Waals surface area contributed by atoms with Crippen LogP contribution in [-0.2, 0) is 9.59 Å². The van der Waals surface area contributed by atoms with E-state index in [1.165, 1.54) is 11.0 Å². The fraction of sp³-hybridized carbons (Fsp3) is 0.500. The average molecular weight is 389 g/mol. The third kappa shape index (κ3) is 2.44. The second-order valence-corrected chi connectivity index (χ2v) is 7.56. The van der Waals surface area contributed by atoms with Crippen molar-refractivity contribution in [2.24, 2.45) is 5.92 Å². The molecule has 3 N–H and O–H groups in total. The molecule has 0 radical (unpaired) electrons. The van der Waals surface area contributed by atoms with Crippen LogP contribution in [0, 0.1) is 11.7 Å². The van der Waals surface area contributed by atoms with Crippen LogP contribution in [0.5, 0.6) is 0 Å². The average Bonchev–Trinajstić information content (AvgIpc) is 3.43. The molecule has 1 aromatic carbocycles. The molecule has 1 saturated carbocycles. The Morgan fingerprint density at radius 3 is 2.46 bits per heavy atom. The zero-order valence-electron chi connectivity index (χ0n) is 15.0. The lowest BCUT2D eigenvalue weighted by Crippen LogP contribution is -2.65. The minimum Gasteiger partial charge on any atom is -0.481 e. The van der Waals surface area contributed by atoms with Gasteiger partial charge in [0.25, 0.3) is 0 Å². The molecular formula is C18H20FN5O4. The highest BCUT2D eigenvalue weighted by Crippen LogP contribution is 2.50. The molecule has 0 spiro atoms. The van der Waals surface area contributed by atoms with Gasteiger partial charge in [0, 0.05) is 38.3 Å². The van der Waals surface area contributed by atoms with Gasteiger partial charge in [-0.25, -0.2) is 9.18 Å². The van der Waals surface area contributed by atoms with Gasteiger partial charge in [-0.1, -0.05) is 0 Å². The molecule has 3 fully saturated rings. The number of hydrogen-bond acceptors (Lipinski definition) is 6. The Hall–Kier alpha value is -2.88. The number of carbonyl (C=O) groups excluding carboxylic acids is 2. The number of fused-ring (bicyclic) bond motifs is 3. The highest BCUT2D eigenvalue weighted by Gasteiger charge is 2.56. The number of amides is 3. The maximum atomic E-state index is 15.0. The summed E-state index contributed by atoms with van der Waals surface area (Å²) in [5.74, 6) is -4.04. The standard InChI is InChI=1S/C18H20FN5O4/c19-10-7-12-13(8-11(10)22-5-3-20-4-6-22)23(9-1-2-9)16-14(17(26)27)15(25)21-18(28)24(12)16/h7-9,14,16,20H,1-6H2,(H,26,27)(H,21,25,28). The Kier molecular flexibility index (Phi) is 3.73. The van der Waals surface area contributed by atoms with Crippen LogP contribution in [0.3, 0.4) is 0 Å². The lowest BCUT2D eigenvalue weighted by molar-refractivity contribution is -0.147. The smallest absolute Gasteiger partial charge is 0.330 e. The first kappa shape index (κ1) is 17.2. The Bertz CT molecular complexity index is 883. The lowest BCUT2D eigenvalue weighted by Gasteiger charge is -2.38. The van der Waals surface area contributed by atoms with E-state index in [1.807, 2.05) is 9.80 Å². The number of hydrogen-bond donors (Lipinski definition) is 3. The molecule has 2 atom stereocenters. The number of anilines is 3. The van der Waals surface area contributed by atoms with E-state index in [4.69, 9.17) is 0 Å². The molecule has 3 amide bonds. The number of benzene rings is 1. The number of carboxylic acid groups (broad SMARTS) is 1.